The van der Waals surface area contributed by atoms with E-state index in [4.69, 9.17) is 9.97 Å². The summed E-state index contributed by atoms with van der Waals surface area (Å²) in [7, 11) is 0. The van der Waals surface area contributed by atoms with Gasteiger partial charge >= 0.3 is 0 Å². The molecule has 0 aliphatic carbocycles. The fraction of sp³-hybridized carbons (Fsp3) is 0. The second-order valence-electron chi connectivity index (χ2n) is 14.2. The van der Waals surface area contributed by atoms with Crippen molar-refractivity contribution in [3.05, 3.63) is 194 Å². The van der Waals surface area contributed by atoms with E-state index in [1.165, 1.54) is 57.0 Å². The molecule has 0 atom stereocenters. The van der Waals surface area contributed by atoms with Gasteiger partial charge in [-0.1, -0.05) is 127 Å². The molecule has 0 aliphatic heterocycles. The Balaban J connectivity index is 1.08. The van der Waals surface area contributed by atoms with Crippen LogP contribution in [0.1, 0.15) is 0 Å². The molecule has 0 amide bonds. The number of benzene rings is 8. The minimum absolute atomic E-state index is 0.701. The highest BCUT2D eigenvalue weighted by Gasteiger charge is 2.16. The standard InChI is InChI=1S/C52H32N2S2/c1-3-12-33(13-4-1)39-27-40(37-23-25-51-45(31-37)43-19-8-10-21-49(43)56-51)29-41(28-39)47-32-46(53-52(54-47)34-14-5-2-6-15-34)38-17-11-16-35(26-38)36-22-24-50-44(30-36)42-18-7-9-20-48(42)55-50/h1-32H. The SMILES string of the molecule is c1ccc(-c2cc(-c3ccc4sc5ccccc5c4c3)cc(-c3cc(-c4cccc(-c5ccc6sc7ccccc7c6c5)c4)nc(-c4ccccc4)n3)c2)cc1. The highest BCUT2D eigenvalue weighted by atomic mass is 32.1. The molecule has 56 heavy (non-hydrogen) atoms. The quantitative estimate of drug-likeness (QED) is 0.169. The summed E-state index contributed by atoms with van der Waals surface area (Å²) in [5.74, 6) is 0.701. The Kier molecular flexibility index (Phi) is 7.90. The number of aromatic nitrogens is 2. The Hall–Kier alpha value is -6.72. The van der Waals surface area contributed by atoms with Gasteiger partial charge in [0.15, 0.2) is 5.82 Å². The van der Waals surface area contributed by atoms with Crippen LogP contribution in [0, 0.1) is 0 Å². The molecule has 0 saturated carbocycles. The first-order valence-electron chi connectivity index (χ1n) is 18.8. The fourth-order valence-corrected chi connectivity index (χ4v) is 10.0. The second kappa shape index (κ2) is 13.5. The molecule has 0 saturated heterocycles. The molecule has 0 bridgehead atoms. The molecule has 11 rings (SSSR count). The average molecular weight is 749 g/mol. The van der Waals surface area contributed by atoms with Crippen molar-refractivity contribution in [3.63, 3.8) is 0 Å². The third kappa shape index (κ3) is 5.88. The normalized spacial score (nSPS) is 11.6. The van der Waals surface area contributed by atoms with Crippen LogP contribution >= 0.6 is 22.7 Å². The lowest BCUT2D eigenvalue weighted by Crippen LogP contribution is -1.97. The first-order chi connectivity index (χ1) is 27.7. The molecule has 0 aliphatic rings. The van der Waals surface area contributed by atoms with Crippen LogP contribution in [-0.4, -0.2) is 9.97 Å². The molecule has 11 aromatic rings. The molecule has 0 N–H and O–H groups in total. The topological polar surface area (TPSA) is 25.8 Å². The van der Waals surface area contributed by atoms with Crippen molar-refractivity contribution in [2.75, 3.05) is 0 Å². The monoisotopic (exact) mass is 748 g/mol. The number of hydrogen-bond donors (Lipinski definition) is 0. The molecule has 3 heterocycles. The molecule has 3 aromatic heterocycles. The van der Waals surface area contributed by atoms with Gasteiger partial charge in [-0.05, 0) is 100 Å². The zero-order valence-electron chi connectivity index (χ0n) is 30.2. The van der Waals surface area contributed by atoms with E-state index in [9.17, 15) is 0 Å². The Morgan fingerprint density at radius 3 is 1.32 bits per heavy atom. The zero-order chi connectivity index (χ0) is 37.0. The highest BCUT2D eigenvalue weighted by Crippen LogP contribution is 2.40. The smallest absolute Gasteiger partial charge is 0.160 e. The lowest BCUT2D eigenvalue weighted by atomic mass is 9.93. The molecule has 0 unspecified atom stereocenters. The fourth-order valence-electron chi connectivity index (χ4n) is 7.87. The van der Waals surface area contributed by atoms with Gasteiger partial charge in [0.2, 0.25) is 0 Å². The van der Waals surface area contributed by atoms with Crippen LogP contribution in [0.3, 0.4) is 0 Å². The second-order valence-corrected chi connectivity index (χ2v) is 16.4. The predicted molar refractivity (Wildman–Crippen MR) is 240 cm³/mol. The number of nitrogens with zero attached hydrogens (tertiary/aromatic N) is 2. The van der Waals surface area contributed by atoms with Gasteiger partial charge in [-0.2, -0.15) is 0 Å². The molecule has 4 heteroatoms. The van der Waals surface area contributed by atoms with E-state index < -0.39 is 0 Å². The Morgan fingerprint density at radius 1 is 0.250 bits per heavy atom. The van der Waals surface area contributed by atoms with Crippen molar-refractivity contribution < 1.29 is 0 Å². The Bertz CT molecular complexity index is 3250. The lowest BCUT2D eigenvalue weighted by Gasteiger charge is -2.14. The van der Waals surface area contributed by atoms with E-state index in [0.717, 1.165) is 44.8 Å². The molecule has 0 spiro atoms. The van der Waals surface area contributed by atoms with Crippen molar-refractivity contribution >= 4 is 63.0 Å². The summed E-state index contributed by atoms with van der Waals surface area (Å²) in [6, 6.07) is 69.8. The van der Waals surface area contributed by atoms with E-state index in [2.05, 4.69) is 176 Å². The van der Waals surface area contributed by atoms with Crippen LogP contribution in [0.2, 0.25) is 0 Å². The molecular weight excluding hydrogens is 717 g/mol. The minimum Gasteiger partial charge on any atom is -0.228 e. The predicted octanol–water partition coefficient (Wildman–Crippen LogP) is 15.2. The number of rotatable bonds is 6. The van der Waals surface area contributed by atoms with E-state index in [0.29, 0.717) is 5.82 Å². The molecule has 0 radical (unpaired) electrons. The van der Waals surface area contributed by atoms with Gasteiger partial charge in [-0.3, -0.25) is 0 Å². The van der Waals surface area contributed by atoms with E-state index in [1.807, 2.05) is 40.9 Å². The third-order valence-corrected chi connectivity index (χ3v) is 13.0. The Labute approximate surface area is 332 Å². The number of fused-ring (bicyclic) bond motifs is 6. The van der Waals surface area contributed by atoms with Crippen molar-refractivity contribution in [1.29, 1.82) is 0 Å². The zero-order valence-corrected chi connectivity index (χ0v) is 31.8. The third-order valence-electron chi connectivity index (χ3n) is 10.7. The van der Waals surface area contributed by atoms with Gasteiger partial charge in [-0.25, -0.2) is 9.97 Å². The van der Waals surface area contributed by atoms with Crippen LogP contribution in [0.4, 0.5) is 0 Å². The van der Waals surface area contributed by atoms with Crippen molar-refractivity contribution in [2.24, 2.45) is 0 Å². The Morgan fingerprint density at radius 2 is 0.679 bits per heavy atom. The van der Waals surface area contributed by atoms with Gasteiger partial charge in [0.25, 0.3) is 0 Å². The van der Waals surface area contributed by atoms with Gasteiger partial charge in [0.05, 0.1) is 11.4 Å². The summed E-state index contributed by atoms with van der Waals surface area (Å²) in [4.78, 5) is 10.5. The van der Waals surface area contributed by atoms with Crippen LogP contribution in [0.25, 0.3) is 108 Å². The maximum Gasteiger partial charge on any atom is 0.160 e. The number of hydrogen-bond acceptors (Lipinski definition) is 4. The number of thiophene rings is 2. The maximum absolute atomic E-state index is 5.28. The van der Waals surface area contributed by atoms with Gasteiger partial charge in [0.1, 0.15) is 0 Å². The van der Waals surface area contributed by atoms with E-state index in [1.54, 1.807) is 0 Å². The molecule has 2 nitrogen and oxygen atoms in total. The molecule has 0 fully saturated rings. The summed E-state index contributed by atoms with van der Waals surface area (Å²) < 4.78 is 5.23. The van der Waals surface area contributed by atoms with Crippen molar-refractivity contribution in [1.82, 2.24) is 9.97 Å². The summed E-state index contributed by atoms with van der Waals surface area (Å²) in [5, 5.41) is 5.19. The summed E-state index contributed by atoms with van der Waals surface area (Å²) in [6.45, 7) is 0. The average Bonchev–Trinajstić information content (AvgIpc) is 3.84. The van der Waals surface area contributed by atoms with Gasteiger partial charge < -0.3 is 0 Å². The van der Waals surface area contributed by atoms with Crippen LogP contribution in [0.5, 0.6) is 0 Å². The summed E-state index contributed by atoms with van der Waals surface area (Å²) in [5.41, 5.74) is 11.8. The van der Waals surface area contributed by atoms with E-state index >= 15 is 0 Å². The molecule has 262 valence electrons. The van der Waals surface area contributed by atoms with Gasteiger partial charge in [0, 0.05) is 57.0 Å². The maximum atomic E-state index is 5.28. The van der Waals surface area contributed by atoms with Crippen molar-refractivity contribution in [2.45, 2.75) is 0 Å². The van der Waals surface area contributed by atoms with Gasteiger partial charge in [-0.15, -0.1) is 22.7 Å². The largest absolute Gasteiger partial charge is 0.228 e. The highest BCUT2D eigenvalue weighted by molar-refractivity contribution is 7.26. The first kappa shape index (κ1) is 32.7. The van der Waals surface area contributed by atoms with E-state index in [-0.39, 0.29) is 0 Å². The summed E-state index contributed by atoms with van der Waals surface area (Å²) >= 11 is 3.70. The molecular formula is C52H32N2S2. The first-order valence-corrected chi connectivity index (χ1v) is 20.4. The summed E-state index contributed by atoms with van der Waals surface area (Å²) in [6.07, 6.45) is 0. The van der Waals surface area contributed by atoms with Crippen LogP contribution in [-0.2, 0) is 0 Å². The van der Waals surface area contributed by atoms with Crippen molar-refractivity contribution in [3.8, 4) is 67.3 Å². The minimum atomic E-state index is 0.701. The lowest BCUT2D eigenvalue weighted by molar-refractivity contribution is 1.18. The van der Waals surface area contributed by atoms with Crippen LogP contribution < -0.4 is 0 Å². The van der Waals surface area contributed by atoms with Crippen LogP contribution in [0.15, 0.2) is 194 Å². The molecule has 8 aromatic carbocycles.